The average Bonchev–Trinajstić information content (AvgIpc) is 2.45. The van der Waals surface area contributed by atoms with Gasteiger partial charge in [-0.25, -0.2) is 13.6 Å². The van der Waals surface area contributed by atoms with E-state index in [0.717, 1.165) is 4.90 Å². The number of carbonyl (C=O) groups excluding carboxylic acids is 1. The second kappa shape index (κ2) is 8.75. The molecule has 3 N–H and O–H groups in total. The van der Waals surface area contributed by atoms with E-state index in [4.69, 9.17) is 15.0 Å². The van der Waals surface area contributed by atoms with Gasteiger partial charge < -0.3 is 14.7 Å². The van der Waals surface area contributed by atoms with Gasteiger partial charge in [-0.15, -0.1) is 11.8 Å². The van der Waals surface area contributed by atoms with Crippen LogP contribution < -0.4 is 9.88 Å². The van der Waals surface area contributed by atoms with E-state index in [1.807, 2.05) is 0 Å². The molecule has 8 nitrogen and oxygen atoms in total. The average molecular weight is 362 g/mol. The van der Waals surface area contributed by atoms with Gasteiger partial charge in [0.2, 0.25) is 15.9 Å². The first-order chi connectivity index (χ1) is 10.7. The maximum atomic E-state index is 11.6. The zero-order valence-electron chi connectivity index (χ0n) is 12.5. The molecule has 0 aliphatic heterocycles. The van der Waals surface area contributed by atoms with Crippen LogP contribution >= 0.6 is 11.8 Å². The molecular formula is C13H18N2O6S2. The zero-order valence-corrected chi connectivity index (χ0v) is 14.1. The Kier molecular flexibility index (Phi) is 7.33. The third-order valence-electron chi connectivity index (χ3n) is 2.67. The summed E-state index contributed by atoms with van der Waals surface area (Å²) in [5.74, 6) is -0.138. The van der Waals surface area contributed by atoms with Crippen LogP contribution in [0.25, 0.3) is 0 Å². The minimum absolute atomic E-state index is 0.00582. The summed E-state index contributed by atoms with van der Waals surface area (Å²) in [4.78, 5) is 23.2. The van der Waals surface area contributed by atoms with Crippen LogP contribution in [0.5, 0.6) is 5.75 Å². The molecule has 0 atom stereocenters. The monoisotopic (exact) mass is 362 g/mol. The first-order valence-corrected chi connectivity index (χ1v) is 9.19. The molecule has 23 heavy (non-hydrogen) atoms. The summed E-state index contributed by atoms with van der Waals surface area (Å²) in [5, 5.41) is 13.6. The van der Waals surface area contributed by atoms with Gasteiger partial charge in [-0.1, -0.05) is 0 Å². The van der Waals surface area contributed by atoms with Crippen LogP contribution in [-0.2, 0) is 19.6 Å². The van der Waals surface area contributed by atoms with E-state index < -0.39 is 16.0 Å². The van der Waals surface area contributed by atoms with Crippen LogP contribution in [0, 0.1) is 0 Å². The largest absolute Gasteiger partial charge is 0.493 e. The maximum Gasteiger partial charge on any atom is 0.323 e. The minimum atomic E-state index is -3.72. The Bertz CT molecular complexity index is 645. The van der Waals surface area contributed by atoms with Crippen molar-refractivity contribution < 1.29 is 27.9 Å². The van der Waals surface area contributed by atoms with E-state index in [-0.39, 0.29) is 23.1 Å². The number of ether oxygens (including phenoxy) is 1. The number of carboxylic acids is 1. The number of nitrogens with two attached hydrogens (primary N) is 1. The summed E-state index contributed by atoms with van der Waals surface area (Å²) in [6.45, 7) is 0.00159. The fraction of sp³-hybridized carbons (Fsp3) is 0.385. The van der Waals surface area contributed by atoms with Crippen LogP contribution in [0.4, 0.5) is 0 Å². The lowest BCUT2D eigenvalue weighted by Crippen LogP contribution is -2.33. The Hall–Kier alpha value is -1.78. The van der Waals surface area contributed by atoms with Crippen molar-refractivity contribution in [1.29, 1.82) is 0 Å². The van der Waals surface area contributed by atoms with E-state index in [1.54, 1.807) is 0 Å². The lowest BCUT2D eigenvalue weighted by atomic mass is 10.3. The number of carbonyl (C=O) groups is 2. The first-order valence-electron chi connectivity index (χ1n) is 6.49. The quantitative estimate of drug-likeness (QED) is 0.591. The second-order valence-corrected chi connectivity index (χ2v) is 7.23. The van der Waals surface area contributed by atoms with Gasteiger partial charge in [-0.2, -0.15) is 0 Å². The summed E-state index contributed by atoms with van der Waals surface area (Å²) in [6.07, 6.45) is 0. The number of carboxylic acid groups (broad SMARTS) is 1. The number of hydrogen-bond donors (Lipinski definition) is 2. The Morgan fingerprint density at radius 3 is 2.43 bits per heavy atom. The van der Waals surface area contributed by atoms with Crippen molar-refractivity contribution in [2.45, 2.75) is 4.90 Å². The molecule has 1 aromatic rings. The van der Waals surface area contributed by atoms with Crippen molar-refractivity contribution in [1.82, 2.24) is 4.90 Å². The Balaban J connectivity index is 2.27. The van der Waals surface area contributed by atoms with E-state index >= 15 is 0 Å². The Morgan fingerprint density at radius 1 is 1.30 bits per heavy atom. The summed E-state index contributed by atoms with van der Waals surface area (Å²) < 4.78 is 27.6. The molecule has 0 unspecified atom stereocenters. The van der Waals surface area contributed by atoms with E-state index in [9.17, 15) is 18.0 Å². The molecule has 0 aliphatic carbocycles. The van der Waals surface area contributed by atoms with Gasteiger partial charge in [-0.05, 0) is 24.3 Å². The fourth-order valence-corrected chi connectivity index (χ4v) is 2.76. The Labute approximate surface area is 138 Å². The second-order valence-electron chi connectivity index (χ2n) is 4.56. The van der Waals surface area contributed by atoms with Crippen LogP contribution in [0.1, 0.15) is 0 Å². The third-order valence-corrected chi connectivity index (χ3v) is 4.51. The highest BCUT2D eigenvalue weighted by Crippen LogP contribution is 2.15. The van der Waals surface area contributed by atoms with Gasteiger partial charge in [0.05, 0.1) is 17.3 Å². The van der Waals surface area contributed by atoms with E-state index in [2.05, 4.69) is 0 Å². The van der Waals surface area contributed by atoms with Crippen molar-refractivity contribution in [2.75, 3.05) is 31.7 Å². The van der Waals surface area contributed by atoms with Crippen LogP contribution in [0.3, 0.4) is 0 Å². The van der Waals surface area contributed by atoms with Gasteiger partial charge in [0, 0.05) is 12.8 Å². The van der Waals surface area contributed by atoms with Gasteiger partial charge in [0.25, 0.3) is 0 Å². The number of aliphatic carboxylic acids is 1. The predicted molar refractivity (Wildman–Crippen MR) is 85.9 cm³/mol. The summed E-state index contributed by atoms with van der Waals surface area (Å²) >= 11 is 1.32. The van der Waals surface area contributed by atoms with E-state index in [1.165, 1.54) is 43.1 Å². The summed E-state index contributed by atoms with van der Waals surface area (Å²) in [5.41, 5.74) is 0. The summed E-state index contributed by atoms with van der Waals surface area (Å²) in [6, 6.07) is 5.69. The highest BCUT2D eigenvalue weighted by Gasteiger charge is 2.11. The maximum absolute atomic E-state index is 11.6. The van der Waals surface area contributed by atoms with Crippen molar-refractivity contribution in [2.24, 2.45) is 5.14 Å². The summed E-state index contributed by atoms with van der Waals surface area (Å²) in [7, 11) is -2.29. The molecule has 0 bridgehead atoms. The number of benzene rings is 1. The lowest BCUT2D eigenvalue weighted by molar-refractivity contribution is -0.142. The van der Waals surface area contributed by atoms with Crippen LogP contribution in [0.15, 0.2) is 29.2 Å². The molecule has 0 aliphatic rings. The van der Waals surface area contributed by atoms with Gasteiger partial charge >= 0.3 is 5.97 Å². The highest BCUT2D eigenvalue weighted by atomic mass is 32.2. The van der Waals surface area contributed by atoms with Crippen molar-refractivity contribution in [3.05, 3.63) is 24.3 Å². The lowest BCUT2D eigenvalue weighted by Gasteiger charge is -2.14. The molecule has 128 valence electrons. The molecule has 0 aromatic heterocycles. The molecule has 0 fully saturated rings. The van der Waals surface area contributed by atoms with Crippen LogP contribution in [-0.4, -0.2) is 62.0 Å². The molecule has 1 amide bonds. The van der Waals surface area contributed by atoms with Crippen molar-refractivity contribution >= 4 is 33.7 Å². The number of nitrogens with zero attached hydrogens (tertiary/aromatic N) is 1. The number of sulfonamides is 1. The van der Waals surface area contributed by atoms with Crippen molar-refractivity contribution in [3.63, 3.8) is 0 Å². The number of amides is 1. The number of thioether (sulfide) groups is 1. The topological polar surface area (TPSA) is 127 Å². The molecule has 1 rings (SSSR count). The number of likely N-dealkylation sites (N-methyl/N-ethyl adjacent to an activating group) is 1. The molecular weight excluding hydrogens is 344 g/mol. The van der Waals surface area contributed by atoms with Crippen molar-refractivity contribution in [3.8, 4) is 5.75 Å². The van der Waals surface area contributed by atoms with Crippen LogP contribution in [0.2, 0.25) is 0 Å². The molecule has 10 heteroatoms. The van der Waals surface area contributed by atoms with E-state index in [0.29, 0.717) is 18.1 Å². The molecule has 0 saturated carbocycles. The normalized spacial score (nSPS) is 11.0. The van der Waals surface area contributed by atoms with Gasteiger partial charge in [0.1, 0.15) is 12.3 Å². The SMILES string of the molecule is CN(CC(=O)O)C(=O)CSCCOc1ccc(S(N)(=O)=O)cc1. The first kappa shape index (κ1) is 19.3. The molecule has 0 saturated heterocycles. The third kappa shape index (κ3) is 7.35. The smallest absolute Gasteiger partial charge is 0.323 e. The minimum Gasteiger partial charge on any atom is -0.493 e. The highest BCUT2D eigenvalue weighted by molar-refractivity contribution is 7.99. The number of primary sulfonamides is 1. The Morgan fingerprint density at radius 2 is 1.91 bits per heavy atom. The molecule has 1 aromatic carbocycles. The zero-order chi connectivity index (χ0) is 17.5. The number of rotatable bonds is 9. The predicted octanol–water partition coefficient (Wildman–Crippen LogP) is -0.0110. The standard InChI is InChI=1S/C13H18N2O6S2/c1-15(8-13(17)18)12(16)9-22-7-6-21-10-2-4-11(5-3-10)23(14,19)20/h2-5H,6-9H2,1H3,(H,17,18)(H2,14,19,20). The van der Waals surface area contributed by atoms with Gasteiger partial charge in [0.15, 0.2) is 0 Å². The number of hydrogen-bond acceptors (Lipinski definition) is 6. The molecule has 0 radical (unpaired) electrons. The molecule has 0 heterocycles. The molecule has 0 spiro atoms. The van der Waals surface area contributed by atoms with Gasteiger partial charge in [-0.3, -0.25) is 9.59 Å². The fourth-order valence-electron chi connectivity index (χ4n) is 1.50.